The number of halogens is 1. The van der Waals surface area contributed by atoms with Gasteiger partial charge in [0.25, 0.3) is 0 Å². The quantitative estimate of drug-likeness (QED) is 0.183. The normalized spacial score (nSPS) is 29.5. The number of nitrogens with zero attached hydrogens (tertiary/aromatic N) is 2. The number of fused-ring (bicyclic) bond motifs is 5. The monoisotopic (exact) mass is 538 g/mol. The summed E-state index contributed by atoms with van der Waals surface area (Å²) in [5, 5.41) is 6.86. The first-order valence-corrected chi connectivity index (χ1v) is 11.3. The van der Waals surface area contributed by atoms with Crippen LogP contribution in [0.2, 0.25) is 0 Å². The molecule has 0 spiro atoms. The van der Waals surface area contributed by atoms with E-state index in [0.29, 0.717) is 25.7 Å². The van der Waals surface area contributed by atoms with Crippen LogP contribution in [-0.2, 0) is 16.0 Å². The summed E-state index contributed by atoms with van der Waals surface area (Å²) in [4.78, 5) is 31.8. The molecule has 4 unspecified atom stereocenters. The maximum Gasteiger partial charge on any atom is 0.233 e. The minimum absolute atomic E-state index is 0. The van der Waals surface area contributed by atoms with Crippen LogP contribution in [0.3, 0.4) is 0 Å². The first kappa shape index (κ1) is 22.4. The molecule has 2 saturated carbocycles. The standard InChI is InChI=1S/C23H30N4O3.HI/c28-21-19-15-7-8-16(14-15)20(19)22(29)27(21)12-11-25-23(26-17-4-1-2-5-17)24-10-9-18-6-3-13-30-18;/h3,6-8,13,15-17,19-20H,1-2,4-5,9-12,14H2,(H2,24,25,26);1H. The van der Waals surface area contributed by atoms with Crippen LogP contribution in [0.5, 0.6) is 0 Å². The first-order chi connectivity index (χ1) is 14.7. The average Bonchev–Trinajstić information content (AvgIpc) is 3.54. The summed E-state index contributed by atoms with van der Waals surface area (Å²) in [6, 6.07) is 4.28. The van der Waals surface area contributed by atoms with E-state index in [4.69, 9.17) is 9.41 Å². The SMILES string of the molecule is I.O=C1C2C3C=CC(C3)C2C(=O)N1CCNC(=NCCc1ccco1)NC1CCCC1. The number of nitrogens with one attached hydrogen (secondary N) is 2. The van der Waals surface area contributed by atoms with Crippen LogP contribution in [0.1, 0.15) is 37.9 Å². The van der Waals surface area contributed by atoms with Crippen LogP contribution < -0.4 is 10.6 Å². The lowest BCUT2D eigenvalue weighted by Gasteiger charge is -2.20. The van der Waals surface area contributed by atoms with E-state index in [2.05, 4.69) is 22.8 Å². The molecule has 1 aliphatic heterocycles. The highest BCUT2D eigenvalue weighted by Gasteiger charge is 2.58. The Hall–Kier alpha value is -1.84. The highest BCUT2D eigenvalue weighted by Crippen LogP contribution is 2.52. The van der Waals surface area contributed by atoms with Crippen LogP contribution in [0, 0.1) is 23.7 Å². The van der Waals surface area contributed by atoms with Gasteiger partial charge in [-0.3, -0.25) is 19.5 Å². The van der Waals surface area contributed by atoms with Crippen molar-refractivity contribution in [3.05, 3.63) is 36.3 Å². The number of allylic oxidation sites excluding steroid dienone is 2. The van der Waals surface area contributed by atoms with E-state index in [0.717, 1.165) is 37.4 Å². The van der Waals surface area contributed by atoms with E-state index in [1.54, 1.807) is 6.26 Å². The smallest absolute Gasteiger partial charge is 0.233 e. The lowest BCUT2D eigenvalue weighted by Crippen LogP contribution is -2.46. The number of hydrogen-bond donors (Lipinski definition) is 2. The molecule has 3 aliphatic carbocycles. The van der Waals surface area contributed by atoms with Crippen LogP contribution in [0.25, 0.3) is 0 Å². The number of carbonyl (C=O) groups is 2. The molecule has 7 nitrogen and oxygen atoms in total. The van der Waals surface area contributed by atoms with Crippen LogP contribution >= 0.6 is 24.0 Å². The Bertz CT molecular complexity index is 817. The molecule has 2 heterocycles. The summed E-state index contributed by atoms with van der Waals surface area (Å²) in [6.07, 6.45) is 12.4. The summed E-state index contributed by atoms with van der Waals surface area (Å²) in [6.45, 7) is 1.53. The van der Waals surface area contributed by atoms with Crippen molar-refractivity contribution in [3.8, 4) is 0 Å². The second kappa shape index (κ2) is 9.75. The fourth-order valence-electron chi connectivity index (χ4n) is 5.62. The van der Waals surface area contributed by atoms with Gasteiger partial charge >= 0.3 is 0 Å². The molecule has 1 saturated heterocycles. The number of carbonyl (C=O) groups excluding carboxylic acids is 2. The van der Waals surface area contributed by atoms with Crippen LogP contribution in [-0.4, -0.2) is 48.3 Å². The van der Waals surface area contributed by atoms with E-state index >= 15 is 0 Å². The molecule has 168 valence electrons. The molecule has 1 aromatic rings. The molecule has 3 fully saturated rings. The van der Waals surface area contributed by atoms with Crippen LogP contribution in [0.4, 0.5) is 0 Å². The topological polar surface area (TPSA) is 86.9 Å². The fourth-order valence-corrected chi connectivity index (χ4v) is 5.62. The predicted octanol–water partition coefficient (Wildman–Crippen LogP) is 2.73. The fraction of sp³-hybridized carbons (Fsp3) is 0.609. The molecule has 5 rings (SSSR count). The Morgan fingerprint density at radius 3 is 2.48 bits per heavy atom. The van der Waals surface area contributed by atoms with E-state index in [-0.39, 0.29) is 59.5 Å². The number of likely N-dealkylation sites (tertiary alicyclic amines) is 1. The lowest BCUT2D eigenvalue weighted by atomic mass is 9.85. The molecule has 1 aromatic heterocycles. The van der Waals surface area contributed by atoms with Crippen LogP contribution in [0.15, 0.2) is 40.0 Å². The van der Waals surface area contributed by atoms with Crippen molar-refractivity contribution in [2.45, 2.75) is 44.6 Å². The van der Waals surface area contributed by atoms with E-state index in [9.17, 15) is 9.59 Å². The van der Waals surface area contributed by atoms with Gasteiger partial charge in [-0.05, 0) is 43.2 Å². The minimum Gasteiger partial charge on any atom is -0.469 e. The number of guanidine groups is 1. The second-order valence-corrected chi connectivity index (χ2v) is 8.94. The summed E-state index contributed by atoms with van der Waals surface area (Å²) in [5.41, 5.74) is 0. The molecule has 4 aliphatic rings. The maximum absolute atomic E-state index is 12.8. The third kappa shape index (κ3) is 4.54. The number of aliphatic imine (C=N–C) groups is 1. The Morgan fingerprint density at radius 1 is 1.13 bits per heavy atom. The molecule has 2 amide bonds. The molecule has 0 radical (unpaired) electrons. The highest BCUT2D eigenvalue weighted by atomic mass is 127. The number of hydrogen-bond acceptors (Lipinski definition) is 4. The lowest BCUT2D eigenvalue weighted by molar-refractivity contribution is -0.140. The Balaban J connectivity index is 0.00000231. The summed E-state index contributed by atoms with van der Waals surface area (Å²) in [7, 11) is 0. The van der Waals surface area contributed by atoms with E-state index < -0.39 is 0 Å². The Kier molecular flexibility index (Phi) is 7.03. The second-order valence-electron chi connectivity index (χ2n) is 8.94. The van der Waals surface area contributed by atoms with Gasteiger partial charge in [0.05, 0.1) is 18.1 Å². The van der Waals surface area contributed by atoms with E-state index in [1.807, 2.05) is 12.1 Å². The van der Waals surface area contributed by atoms with Crippen molar-refractivity contribution in [1.82, 2.24) is 15.5 Å². The highest BCUT2D eigenvalue weighted by molar-refractivity contribution is 14.0. The van der Waals surface area contributed by atoms with Gasteiger partial charge in [-0.15, -0.1) is 24.0 Å². The average molecular weight is 538 g/mol. The van der Waals surface area contributed by atoms with Crippen molar-refractivity contribution < 1.29 is 14.0 Å². The number of amides is 2. The summed E-state index contributed by atoms with van der Waals surface area (Å²) in [5.74, 6) is 1.99. The van der Waals surface area contributed by atoms with Gasteiger partial charge in [0, 0.05) is 32.1 Å². The van der Waals surface area contributed by atoms with Gasteiger partial charge in [0.2, 0.25) is 11.8 Å². The number of rotatable bonds is 7. The van der Waals surface area contributed by atoms with Gasteiger partial charge < -0.3 is 15.1 Å². The van der Waals surface area contributed by atoms with E-state index in [1.165, 1.54) is 17.7 Å². The molecule has 2 bridgehead atoms. The van der Waals surface area contributed by atoms with Gasteiger partial charge in [-0.1, -0.05) is 25.0 Å². The zero-order chi connectivity index (χ0) is 20.5. The minimum atomic E-state index is -0.120. The van der Waals surface area contributed by atoms with Crippen molar-refractivity contribution in [3.63, 3.8) is 0 Å². The van der Waals surface area contributed by atoms with Crippen molar-refractivity contribution in [2.75, 3.05) is 19.6 Å². The summed E-state index contributed by atoms with van der Waals surface area (Å²) < 4.78 is 5.38. The largest absolute Gasteiger partial charge is 0.469 e. The molecule has 31 heavy (non-hydrogen) atoms. The summed E-state index contributed by atoms with van der Waals surface area (Å²) >= 11 is 0. The molecular formula is C23H31IN4O3. The maximum atomic E-state index is 12.8. The molecule has 0 aromatic carbocycles. The number of imide groups is 1. The molecular weight excluding hydrogens is 507 g/mol. The van der Waals surface area contributed by atoms with Gasteiger partial charge in [-0.2, -0.15) is 0 Å². The van der Waals surface area contributed by atoms with Gasteiger partial charge in [-0.25, -0.2) is 0 Å². The molecule has 2 N–H and O–H groups in total. The Morgan fingerprint density at radius 2 is 1.84 bits per heavy atom. The van der Waals surface area contributed by atoms with Gasteiger partial charge in [0.15, 0.2) is 5.96 Å². The van der Waals surface area contributed by atoms with Crippen molar-refractivity contribution in [2.24, 2.45) is 28.7 Å². The predicted molar refractivity (Wildman–Crippen MR) is 128 cm³/mol. The third-order valence-electron chi connectivity index (χ3n) is 7.09. The number of furan rings is 1. The molecule has 4 atom stereocenters. The Labute approximate surface area is 200 Å². The molecule has 8 heteroatoms. The van der Waals surface area contributed by atoms with Gasteiger partial charge in [0.1, 0.15) is 5.76 Å². The zero-order valence-corrected chi connectivity index (χ0v) is 20.0. The zero-order valence-electron chi connectivity index (χ0n) is 17.7. The van der Waals surface area contributed by atoms with Crippen molar-refractivity contribution in [1.29, 1.82) is 0 Å². The van der Waals surface area contributed by atoms with Crippen molar-refractivity contribution >= 4 is 41.8 Å². The third-order valence-corrected chi connectivity index (χ3v) is 7.09. The first-order valence-electron chi connectivity index (χ1n) is 11.3.